The van der Waals surface area contributed by atoms with Gasteiger partial charge in [-0.1, -0.05) is 0 Å². The number of nitrogens with zero attached hydrogens (tertiary/aromatic N) is 2. The highest BCUT2D eigenvalue weighted by atomic mass is 35.5. The predicted octanol–water partition coefficient (Wildman–Crippen LogP) is 1.58. The van der Waals surface area contributed by atoms with Crippen LogP contribution < -0.4 is 0 Å². The summed E-state index contributed by atoms with van der Waals surface area (Å²) in [4.78, 5) is 16.2. The standard InChI is InChI=1S/C12H17ClN2O2/c1-10-2-9-17-11(10)12(16)15-7-5-14(4-3-13)6-8-15/h2,9H,3-8H2,1H3. The van der Waals surface area contributed by atoms with E-state index in [9.17, 15) is 4.79 Å². The van der Waals surface area contributed by atoms with E-state index >= 15 is 0 Å². The first-order valence-electron chi connectivity index (χ1n) is 5.84. The summed E-state index contributed by atoms with van der Waals surface area (Å²) in [6.07, 6.45) is 1.56. The second-order valence-corrected chi connectivity index (χ2v) is 4.63. The zero-order valence-electron chi connectivity index (χ0n) is 9.99. The van der Waals surface area contributed by atoms with Gasteiger partial charge in [0, 0.05) is 44.2 Å². The van der Waals surface area contributed by atoms with Gasteiger partial charge in [-0.05, 0) is 13.0 Å². The Morgan fingerprint density at radius 1 is 1.41 bits per heavy atom. The molecule has 2 heterocycles. The summed E-state index contributed by atoms with van der Waals surface area (Å²) in [5.74, 6) is 1.11. The third kappa shape index (κ3) is 2.82. The fourth-order valence-electron chi connectivity index (χ4n) is 2.03. The number of piperazine rings is 1. The lowest BCUT2D eigenvalue weighted by Crippen LogP contribution is -2.49. The lowest BCUT2D eigenvalue weighted by molar-refractivity contribution is 0.0612. The Bertz CT molecular complexity index is 384. The maximum Gasteiger partial charge on any atom is 0.289 e. The molecule has 0 aliphatic carbocycles. The molecule has 0 atom stereocenters. The molecular formula is C12H17ClN2O2. The Kier molecular flexibility index (Phi) is 4.07. The molecule has 1 aromatic rings. The van der Waals surface area contributed by atoms with Gasteiger partial charge < -0.3 is 9.32 Å². The molecule has 1 fully saturated rings. The van der Waals surface area contributed by atoms with Crippen LogP contribution in [0.5, 0.6) is 0 Å². The molecule has 0 radical (unpaired) electrons. The number of hydrogen-bond acceptors (Lipinski definition) is 3. The number of hydrogen-bond donors (Lipinski definition) is 0. The van der Waals surface area contributed by atoms with Gasteiger partial charge in [-0.25, -0.2) is 0 Å². The zero-order chi connectivity index (χ0) is 12.3. The molecule has 1 aromatic heterocycles. The molecule has 4 nitrogen and oxygen atoms in total. The Morgan fingerprint density at radius 2 is 2.12 bits per heavy atom. The second kappa shape index (κ2) is 5.56. The van der Waals surface area contributed by atoms with Crippen molar-refractivity contribution in [1.82, 2.24) is 9.80 Å². The van der Waals surface area contributed by atoms with Gasteiger partial charge in [0.25, 0.3) is 5.91 Å². The van der Waals surface area contributed by atoms with Crippen LogP contribution in [0, 0.1) is 6.92 Å². The van der Waals surface area contributed by atoms with Crippen LogP contribution >= 0.6 is 11.6 Å². The third-order valence-corrected chi connectivity index (χ3v) is 3.29. The van der Waals surface area contributed by atoms with Crippen LogP contribution in [0.4, 0.5) is 0 Å². The van der Waals surface area contributed by atoms with Crippen LogP contribution in [0.15, 0.2) is 16.7 Å². The molecule has 2 rings (SSSR count). The molecule has 0 unspecified atom stereocenters. The summed E-state index contributed by atoms with van der Waals surface area (Å²) in [6, 6.07) is 1.82. The number of rotatable bonds is 3. The summed E-state index contributed by atoms with van der Waals surface area (Å²) >= 11 is 5.70. The van der Waals surface area contributed by atoms with Crippen LogP contribution in [0.3, 0.4) is 0 Å². The van der Waals surface area contributed by atoms with Gasteiger partial charge in [-0.2, -0.15) is 0 Å². The molecule has 0 spiro atoms. The van der Waals surface area contributed by atoms with Crippen LogP contribution in [-0.2, 0) is 0 Å². The van der Waals surface area contributed by atoms with E-state index in [4.69, 9.17) is 16.0 Å². The van der Waals surface area contributed by atoms with E-state index in [0.29, 0.717) is 11.6 Å². The van der Waals surface area contributed by atoms with E-state index in [-0.39, 0.29) is 5.91 Å². The van der Waals surface area contributed by atoms with Gasteiger partial charge in [0.2, 0.25) is 0 Å². The van der Waals surface area contributed by atoms with Gasteiger partial charge in [0.15, 0.2) is 5.76 Å². The van der Waals surface area contributed by atoms with Crippen molar-refractivity contribution in [2.75, 3.05) is 38.6 Å². The number of carbonyl (C=O) groups is 1. The van der Waals surface area contributed by atoms with E-state index in [1.54, 1.807) is 6.26 Å². The van der Waals surface area contributed by atoms with Gasteiger partial charge in [0.1, 0.15) is 0 Å². The second-order valence-electron chi connectivity index (χ2n) is 4.26. The van der Waals surface area contributed by atoms with Gasteiger partial charge >= 0.3 is 0 Å². The highest BCUT2D eigenvalue weighted by Crippen LogP contribution is 2.13. The normalized spacial score (nSPS) is 17.4. The van der Waals surface area contributed by atoms with Crippen molar-refractivity contribution in [2.24, 2.45) is 0 Å². The van der Waals surface area contributed by atoms with E-state index in [0.717, 1.165) is 38.3 Å². The fourth-order valence-corrected chi connectivity index (χ4v) is 2.27. The minimum Gasteiger partial charge on any atom is -0.459 e. The van der Waals surface area contributed by atoms with Crippen molar-refractivity contribution >= 4 is 17.5 Å². The Hall–Kier alpha value is -1.00. The van der Waals surface area contributed by atoms with Crippen molar-refractivity contribution < 1.29 is 9.21 Å². The molecule has 0 saturated carbocycles. The number of alkyl halides is 1. The van der Waals surface area contributed by atoms with Crippen LogP contribution in [-0.4, -0.2) is 54.3 Å². The molecule has 1 aliphatic heterocycles. The van der Waals surface area contributed by atoms with Gasteiger partial charge in [-0.15, -0.1) is 11.6 Å². The summed E-state index contributed by atoms with van der Waals surface area (Å²) < 4.78 is 5.23. The highest BCUT2D eigenvalue weighted by Gasteiger charge is 2.24. The number of furan rings is 1. The largest absolute Gasteiger partial charge is 0.459 e. The maximum absolute atomic E-state index is 12.1. The van der Waals surface area contributed by atoms with Crippen LogP contribution in [0.2, 0.25) is 0 Å². The van der Waals surface area contributed by atoms with Crippen molar-refractivity contribution in [3.8, 4) is 0 Å². The lowest BCUT2D eigenvalue weighted by atomic mass is 10.2. The molecule has 0 aromatic carbocycles. The van der Waals surface area contributed by atoms with Crippen LogP contribution in [0.1, 0.15) is 16.1 Å². The maximum atomic E-state index is 12.1. The predicted molar refractivity (Wildman–Crippen MR) is 66.5 cm³/mol. The Morgan fingerprint density at radius 3 is 2.65 bits per heavy atom. The number of halogens is 1. The summed E-state index contributed by atoms with van der Waals surface area (Å²) in [7, 11) is 0. The number of amides is 1. The molecule has 0 N–H and O–H groups in total. The van der Waals surface area contributed by atoms with Crippen molar-refractivity contribution in [2.45, 2.75) is 6.92 Å². The molecular weight excluding hydrogens is 240 g/mol. The summed E-state index contributed by atoms with van der Waals surface area (Å²) in [5.41, 5.74) is 0.901. The average molecular weight is 257 g/mol. The number of carbonyl (C=O) groups excluding carboxylic acids is 1. The molecule has 1 saturated heterocycles. The first-order valence-corrected chi connectivity index (χ1v) is 6.37. The summed E-state index contributed by atoms with van der Waals surface area (Å²) in [6.45, 7) is 6.05. The van der Waals surface area contributed by atoms with E-state index < -0.39 is 0 Å². The Labute approximate surface area is 106 Å². The number of aryl methyl sites for hydroxylation is 1. The first-order chi connectivity index (χ1) is 8.22. The SMILES string of the molecule is Cc1ccoc1C(=O)N1CCN(CCCl)CC1. The summed E-state index contributed by atoms with van der Waals surface area (Å²) in [5, 5.41) is 0. The first kappa shape index (κ1) is 12.5. The van der Waals surface area contributed by atoms with E-state index in [2.05, 4.69) is 4.90 Å². The van der Waals surface area contributed by atoms with Crippen molar-refractivity contribution in [3.63, 3.8) is 0 Å². The quantitative estimate of drug-likeness (QED) is 0.771. The van der Waals surface area contributed by atoms with Crippen molar-refractivity contribution in [3.05, 3.63) is 23.7 Å². The minimum absolute atomic E-state index is 0.00183. The molecule has 17 heavy (non-hydrogen) atoms. The van der Waals surface area contributed by atoms with Crippen molar-refractivity contribution in [1.29, 1.82) is 0 Å². The lowest BCUT2D eigenvalue weighted by Gasteiger charge is -2.33. The van der Waals surface area contributed by atoms with Crippen LogP contribution in [0.25, 0.3) is 0 Å². The molecule has 0 bridgehead atoms. The monoisotopic (exact) mass is 256 g/mol. The van der Waals surface area contributed by atoms with E-state index in [1.165, 1.54) is 0 Å². The molecule has 1 amide bonds. The zero-order valence-corrected chi connectivity index (χ0v) is 10.7. The molecule has 1 aliphatic rings. The average Bonchev–Trinajstić information content (AvgIpc) is 2.76. The Balaban J connectivity index is 1.93. The topological polar surface area (TPSA) is 36.7 Å². The van der Waals surface area contributed by atoms with E-state index in [1.807, 2.05) is 17.9 Å². The van der Waals surface area contributed by atoms with Gasteiger partial charge in [-0.3, -0.25) is 9.69 Å². The van der Waals surface area contributed by atoms with Gasteiger partial charge in [0.05, 0.1) is 6.26 Å². The molecule has 94 valence electrons. The molecule has 5 heteroatoms. The smallest absolute Gasteiger partial charge is 0.289 e. The highest BCUT2D eigenvalue weighted by molar-refractivity contribution is 6.18. The fraction of sp³-hybridized carbons (Fsp3) is 0.583. The third-order valence-electron chi connectivity index (χ3n) is 3.12. The minimum atomic E-state index is -0.00183.